The first kappa shape index (κ1) is 18.0. The monoisotopic (exact) mass is 372 g/mol. The van der Waals surface area contributed by atoms with Crippen LogP contribution >= 0.6 is 11.6 Å². The minimum atomic E-state index is -0.757. The first-order chi connectivity index (χ1) is 12.5. The summed E-state index contributed by atoms with van der Waals surface area (Å²) in [5.41, 5.74) is 1.39. The van der Waals surface area contributed by atoms with Gasteiger partial charge in [0.05, 0.1) is 17.6 Å². The summed E-state index contributed by atoms with van der Waals surface area (Å²) in [6, 6.07) is 11.8. The molecule has 0 N–H and O–H groups in total. The van der Waals surface area contributed by atoms with Gasteiger partial charge in [-0.1, -0.05) is 23.7 Å². The summed E-state index contributed by atoms with van der Waals surface area (Å²) in [6.07, 6.45) is 0.652. The summed E-state index contributed by atoms with van der Waals surface area (Å²) >= 11 is 5.89. The highest BCUT2D eigenvalue weighted by Crippen LogP contribution is 2.24. The number of ether oxygens (including phenoxy) is 2. The molecule has 3 aromatic rings. The molecule has 0 aliphatic heterocycles. The van der Waals surface area contributed by atoms with E-state index in [1.165, 1.54) is 6.26 Å². The predicted molar refractivity (Wildman–Crippen MR) is 99.7 cm³/mol. The van der Waals surface area contributed by atoms with E-state index in [-0.39, 0.29) is 12.0 Å². The van der Waals surface area contributed by atoms with Gasteiger partial charge in [0.15, 0.2) is 11.5 Å². The first-order valence-electron chi connectivity index (χ1n) is 8.14. The Morgan fingerprint density at radius 2 is 1.92 bits per heavy atom. The van der Waals surface area contributed by atoms with Crippen LogP contribution in [0, 0.1) is 0 Å². The number of carbonyl (C=O) groups is 1. The molecule has 1 aromatic heterocycles. The molecular formula is C20H17ClO5. The van der Waals surface area contributed by atoms with Crippen LogP contribution in [0.3, 0.4) is 0 Å². The van der Waals surface area contributed by atoms with Crippen molar-refractivity contribution in [1.82, 2.24) is 0 Å². The molecule has 1 atom stereocenters. The maximum absolute atomic E-state index is 12.7. The Morgan fingerprint density at radius 3 is 2.62 bits per heavy atom. The number of fused-ring (bicyclic) bond motifs is 1. The van der Waals surface area contributed by atoms with Gasteiger partial charge in [-0.2, -0.15) is 0 Å². The van der Waals surface area contributed by atoms with E-state index in [4.69, 9.17) is 25.5 Å². The average Bonchev–Trinajstić information content (AvgIpc) is 2.63. The molecule has 1 heterocycles. The van der Waals surface area contributed by atoms with E-state index in [0.29, 0.717) is 27.3 Å². The van der Waals surface area contributed by atoms with Gasteiger partial charge in [-0.3, -0.25) is 4.79 Å². The average molecular weight is 373 g/mol. The van der Waals surface area contributed by atoms with Gasteiger partial charge in [-0.25, -0.2) is 4.79 Å². The lowest BCUT2D eigenvalue weighted by Gasteiger charge is -2.13. The molecule has 0 saturated carbocycles. The maximum Gasteiger partial charge on any atom is 0.347 e. The van der Waals surface area contributed by atoms with Gasteiger partial charge in [0.25, 0.3) is 0 Å². The predicted octanol–water partition coefficient (Wildman–Crippen LogP) is 4.44. The van der Waals surface area contributed by atoms with Crippen LogP contribution < -0.4 is 10.2 Å². The lowest BCUT2D eigenvalue weighted by molar-refractivity contribution is -0.150. The molecule has 0 spiro atoms. The summed E-state index contributed by atoms with van der Waals surface area (Å²) < 4.78 is 16.1. The second-order valence-corrected chi connectivity index (χ2v) is 6.09. The normalized spacial score (nSPS) is 12.0. The zero-order valence-electron chi connectivity index (χ0n) is 14.3. The Bertz CT molecular complexity index is 991. The molecule has 0 fully saturated rings. The highest BCUT2D eigenvalue weighted by atomic mass is 35.5. The van der Waals surface area contributed by atoms with Gasteiger partial charge in [0.2, 0.25) is 0 Å². The molecule has 0 bridgehead atoms. The molecule has 6 heteroatoms. The van der Waals surface area contributed by atoms with Gasteiger partial charge >= 0.3 is 5.97 Å². The fourth-order valence-electron chi connectivity index (χ4n) is 2.52. The fraction of sp³-hybridized carbons (Fsp3) is 0.200. The molecular weight excluding hydrogens is 356 g/mol. The molecule has 0 aliphatic carbocycles. The number of carbonyl (C=O) groups excluding carboxylic acids is 1. The van der Waals surface area contributed by atoms with E-state index < -0.39 is 12.1 Å². The van der Waals surface area contributed by atoms with Gasteiger partial charge in [0, 0.05) is 11.1 Å². The van der Waals surface area contributed by atoms with Crippen LogP contribution in [0.25, 0.3) is 22.1 Å². The van der Waals surface area contributed by atoms with Gasteiger partial charge in [-0.15, -0.1) is 0 Å². The van der Waals surface area contributed by atoms with Crippen LogP contribution in [0.1, 0.15) is 13.8 Å². The van der Waals surface area contributed by atoms with Crippen molar-refractivity contribution >= 4 is 28.5 Å². The Kier molecular flexibility index (Phi) is 5.28. The van der Waals surface area contributed by atoms with Crippen LogP contribution in [-0.2, 0) is 9.53 Å². The van der Waals surface area contributed by atoms with Crippen LogP contribution in [0.15, 0.2) is 57.9 Å². The second kappa shape index (κ2) is 7.62. The Balaban J connectivity index is 1.92. The fourth-order valence-corrected chi connectivity index (χ4v) is 2.65. The van der Waals surface area contributed by atoms with Crippen LogP contribution in [0.4, 0.5) is 0 Å². The smallest absolute Gasteiger partial charge is 0.347 e. The Hall–Kier alpha value is -2.79. The van der Waals surface area contributed by atoms with Gasteiger partial charge < -0.3 is 13.9 Å². The SMILES string of the molecule is CCOC(=O)C(C)Oc1ccc2c(=O)c(-c3ccc(Cl)cc3)coc2c1. The maximum atomic E-state index is 12.7. The van der Waals surface area contributed by atoms with Gasteiger partial charge in [0.1, 0.15) is 17.6 Å². The number of rotatable bonds is 5. The van der Waals surface area contributed by atoms with Gasteiger partial charge in [-0.05, 0) is 43.7 Å². The largest absolute Gasteiger partial charge is 0.479 e. The third-order valence-electron chi connectivity index (χ3n) is 3.83. The molecule has 2 aromatic carbocycles. The molecule has 5 nitrogen and oxygen atoms in total. The van der Waals surface area contributed by atoms with Crippen LogP contribution in [0.5, 0.6) is 5.75 Å². The molecule has 0 saturated heterocycles. The van der Waals surface area contributed by atoms with Crippen molar-refractivity contribution in [3.8, 4) is 16.9 Å². The second-order valence-electron chi connectivity index (χ2n) is 5.66. The third kappa shape index (κ3) is 3.73. The molecule has 0 aliphatic rings. The molecule has 134 valence electrons. The zero-order valence-corrected chi connectivity index (χ0v) is 15.1. The van der Waals surface area contributed by atoms with Crippen molar-refractivity contribution in [2.75, 3.05) is 6.61 Å². The molecule has 0 radical (unpaired) electrons. The standard InChI is InChI=1S/C20H17ClO5/c1-3-24-20(23)12(2)26-15-8-9-16-18(10-15)25-11-17(19(16)22)13-4-6-14(21)7-5-13/h4-12H,3H2,1-2H3. The van der Waals surface area contributed by atoms with E-state index in [2.05, 4.69) is 0 Å². The summed E-state index contributed by atoms with van der Waals surface area (Å²) in [5.74, 6) is -0.0346. The van der Waals surface area contributed by atoms with E-state index >= 15 is 0 Å². The Labute approximate surface area is 155 Å². The minimum absolute atomic E-state index is 0.154. The van der Waals surface area contributed by atoms with Crippen molar-refractivity contribution in [3.05, 3.63) is 64.0 Å². The summed E-state index contributed by atoms with van der Waals surface area (Å²) in [5, 5.41) is 1.02. The summed E-state index contributed by atoms with van der Waals surface area (Å²) in [6.45, 7) is 3.61. The molecule has 26 heavy (non-hydrogen) atoms. The van der Waals surface area contributed by atoms with Crippen molar-refractivity contribution in [2.45, 2.75) is 20.0 Å². The van der Waals surface area contributed by atoms with Crippen molar-refractivity contribution < 1.29 is 18.7 Å². The van der Waals surface area contributed by atoms with Crippen LogP contribution in [0.2, 0.25) is 5.02 Å². The van der Waals surface area contributed by atoms with E-state index in [1.807, 2.05) is 0 Å². The molecule has 0 amide bonds. The van der Waals surface area contributed by atoms with Crippen molar-refractivity contribution in [2.24, 2.45) is 0 Å². The lowest BCUT2D eigenvalue weighted by Crippen LogP contribution is -2.26. The highest BCUT2D eigenvalue weighted by Gasteiger charge is 2.17. The summed E-state index contributed by atoms with van der Waals surface area (Å²) in [4.78, 5) is 24.4. The van der Waals surface area contributed by atoms with Crippen molar-refractivity contribution in [3.63, 3.8) is 0 Å². The number of hydrogen-bond acceptors (Lipinski definition) is 5. The first-order valence-corrected chi connectivity index (χ1v) is 8.52. The van der Waals surface area contributed by atoms with E-state index in [9.17, 15) is 9.59 Å². The highest BCUT2D eigenvalue weighted by molar-refractivity contribution is 6.30. The Morgan fingerprint density at radius 1 is 1.19 bits per heavy atom. The van der Waals surface area contributed by atoms with E-state index in [1.54, 1.807) is 56.3 Å². The zero-order chi connectivity index (χ0) is 18.7. The van der Waals surface area contributed by atoms with Crippen molar-refractivity contribution in [1.29, 1.82) is 0 Å². The quantitative estimate of drug-likeness (QED) is 0.619. The number of halogens is 1. The number of benzene rings is 2. The third-order valence-corrected chi connectivity index (χ3v) is 4.08. The van der Waals surface area contributed by atoms with E-state index in [0.717, 1.165) is 5.56 Å². The van der Waals surface area contributed by atoms with Crippen LogP contribution in [-0.4, -0.2) is 18.7 Å². The molecule has 1 unspecified atom stereocenters. The lowest BCUT2D eigenvalue weighted by atomic mass is 10.1. The number of esters is 1. The minimum Gasteiger partial charge on any atom is -0.479 e. The number of hydrogen-bond donors (Lipinski definition) is 0. The topological polar surface area (TPSA) is 65.7 Å². The molecule has 3 rings (SSSR count). The summed E-state index contributed by atoms with van der Waals surface area (Å²) in [7, 11) is 0.